The summed E-state index contributed by atoms with van der Waals surface area (Å²) in [5.41, 5.74) is 0. The zero-order chi connectivity index (χ0) is 8.39. The van der Waals surface area contributed by atoms with Gasteiger partial charge in [-0.3, -0.25) is 0 Å². The van der Waals surface area contributed by atoms with E-state index in [0.717, 1.165) is 24.8 Å². The van der Waals surface area contributed by atoms with Crippen LogP contribution < -0.4 is 4.90 Å². The van der Waals surface area contributed by atoms with Crippen LogP contribution in [0.15, 0.2) is 18.6 Å². The first kappa shape index (κ1) is 7.53. The van der Waals surface area contributed by atoms with Crippen LogP contribution in [-0.2, 0) is 0 Å². The molecule has 1 aromatic rings. The van der Waals surface area contributed by atoms with Gasteiger partial charge in [0.25, 0.3) is 0 Å². The molecule has 0 radical (unpaired) electrons. The molecular weight excluding hydrogens is 150 g/mol. The molecule has 0 saturated carbocycles. The smallest absolute Gasteiger partial charge is 0.131 e. The van der Waals surface area contributed by atoms with E-state index in [1.54, 1.807) is 12.5 Å². The molecule has 0 spiro atoms. The van der Waals surface area contributed by atoms with E-state index in [4.69, 9.17) is 0 Å². The van der Waals surface area contributed by atoms with Crippen molar-refractivity contribution in [1.82, 2.24) is 9.97 Å². The summed E-state index contributed by atoms with van der Waals surface area (Å²) in [5, 5.41) is 0. The molecule has 2 heterocycles. The van der Waals surface area contributed by atoms with Gasteiger partial charge in [0.2, 0.25) is 0 Å². The number of hydrogen-bond donors (Lipinski definition) is 0. The minimum atomic E-state index is 0.806. The summed E-state index contributed by atoms with van der Waals surface area (Å²) in [6.07, 6.45) is 4.69. The second kappa shape index (κ2) is 3.09. The summed E-state index contributed by atoms with van der Waals surface area (Å²) < 4.78 is 0. The molecule has 64 valence electrons. The van der Waals surface area contributed by atoms with Gasteiger partial charge < -0.3 is 4.90 Å². The monoisotopic (exact) mass is 163 g/mol. The number of hydrogen-bond acceptors (Lipinski definition) is 3. The first-order chi connectivity index (χ1) is 5.86. The number of aromatic nitrogens is 2. The minimum absolute atomic E-state index is 0.806. The number of nitrogens with zero attached hydrogens (tertiary/aromatic N) is 3. The topological polar surface area (TPSA) is 29.0 Å². The first-order valence-corrected chi connectivity index (χ1v) is 4.37. The molecule has 0 aromatic carbocycles. The third kappa shape index (κ3) is 1.40. The van der Waals surface area contributed by atoms with Gasteiger partial charge in [-0.05, 0) is 18.4 Å². The third-order valence-corrected chi connectivity index (χ3v) is 2.31. The van der Waals surface area contributed by atoms with Crippen LogP contribution in [0.1, 0.15) is 13.3 Å². The van der Waals surface area contributed by atoms with E-state index >= 15 is 0 Å². The molecule has 0 N–H and O–H groups in total. The second-order valence-electron chi connectivity index (χ2n) is 3.41. The molecular formula is C9H13N3. The maximum Gasteiger partial charge on any atom is 0.131 e. The predicted octanol–water partition coefficient (Wildman–Crippen LogP) is 1.32. The maximum absolute atomic E-state index is 4.21. The van der Waals surface area contributed by atoms with Gasteiger partial charge in [-0.15, -0.1) is 0 Å². The number of anilines is 1. The van der Waals surface area contributed by atoms with E-state index in [9.17, 15) is 0 Å². The van der Waals surface area contributed by atoms with Crippen LogP contribution in [0.25, 0.3) is 0 Å². The Bertz CT molecular complexity index is 247. The fourth-order valence-electron chi connectivity index (χ4n) is 1.61. The normalized spacial score (nSPS) is 23.1. The zero-order valence-corrected chi connectivity index (χ0v) is 7.27. The van der Waals surface area contributed by atoms with Gasteiger partial charge in [-0.2, -0.15) is 0 Å². The van der Waals surface area contributed by atoms with E-state index in [1.807, 2.05) is 6.07 Å². The zero-order valence-electron chi connectivity index (χ0n) is 7.27. The largest absolute Gasteiger partial charge is 0.356 e. The first-order valence-electron chi connectivity index (χ1n) is 4.37. The molecule has 0 unspecified atom stereocenters. The lowest BCUT2D eigenvalue weighted by molar-refractivity contribution is 0.659. The van der Waals surface area contributed by atoms with Gasteiger partial charge in [0, 0.05) is 19.3 Å². The molecule has 0 bridgehead atoms. The summed E-state index contributed by atoms with van der Waals surface area (Å²) in [6, 6.07) is 1.97. The van der Waals surface area contributed by atoms with E-state index in [2.05, 4.69) is 21.8 Å². The fourth-order valence-corrected chi connectivity index (χ4v) is 1.61. The molecule has 1 atom stereocenters. The average molecular weight is 163 g/mol. The van der Waals surface area contributed by atoms with Crippen LogP contribution in [0.2, 0.25) is 0 Å². The van der Waals surface area contributed by atoms with Gasteiger partial charge in [-0.25, -0.2) is 9.97 Å². The molecule has 1 aliphatic rings. The maximum atomic E-state index is 4.21. The van der Waals surface area contributed by atoms with Gasteiger partial charge >= 0.3 is 0 Å². The van der Waals surface area contributed by atoms with E-state index in [1.165, 1.54) is 6.42 Å². The molecule has 12 heavy (non-hydrogen) atoms. The Morgan fingerprint density at radius 2 is 2.50 bits per heavy atom. The lowest BCUT2D eigenvalue weighted by Gasteiger charge is -2.15. The Balaban J connectivity index is 2.11. The van der Waals surface area contributed by atoms with Crippen LogP contribution in [0.5, 0.6) is 0 Å². The van der Waals surface area contributed by atoms with Crippen molar-refractivity contribution in [2.24, 2.45) is 5.92 Å². The summed E-state index contributed by atoms with van der Waals surface area (Å²) in [5.74, 6) is 1.87. The summed E-state index contributed by atoms with van der Waals surface area (Å²) in [6.45, 7) is 4.55. The number of rotatable bonds is 1. The molecule has 3 heteroatoms. The van der Waals surface area contributed by atoms with Crippen LogP contribution >= 0.6 is 0 Å². The molecule has 2 rings (SSSR count). The van der Waals surface area contributed by atoms with Crippen molar-refractivity contribution in [1.29, 1.82) is 0 Å². The summed E-state index contributed by atoms with van der Waals surface area (Å²) in [4.78, 5) is 10.4. The van der Waals surface area contributed by atoms with E-state index in [-0.39, 0.29) is 0 Å². The Hall–Kier alpha value is -1.12. The predicted molar refractivity (Wildman–Crippen MR) is 48.0 cm³/mol. The van der Waals surface area contributed by atoms with Gasteiger partial charge in [0.1, 0.15) is 12.1 Å². The van der Waals surface area contributed by atoms with Crippen molar-refractivity contribution in [3.05, 3.63) is 18.6 Å². The Labute approximate surface area is 72.4 Å². The van der Waals surface area contributed by atoms with Crippen molar-refractivity contribution in [2.45, 2.75) is 13.3 Å². The highest BCUT2D eigenvalue weighted by atomic mass is 15.2. The highest BCUT2D eigenvalue weighted by molar-refractivity contribution is 5.37. The third-order valence-electron chi connectivity index (χ3n) is 2.31. The van der Waals surface area contributed by atoms with Crippen molar-refractivity contribution >= 4 is 5.82 Å². The second-order valence-corrected chi connectivity index (χ2v) is 3.41. The van der Waals surface area contributed by atoms with E-state index in [0.29, 0.717) is 0 Å². The van der Waals surface area contributed by atoms with Gasteiger partial charge in [-0.1, -0.05) is 6.92 Å². The molecule has 1 aliphatic heterocycles. The van der Waals surface area contributed by atoms with Gasteiger partial charge in [0.15, 0.2) is 0 Å². The highest BCUT2D eigenvalue weighted by Gasteiger charge is 2.19. The Morgan fingerprint density at radius 3 is 3.08 bits per heavy atom. The lowest BCUT2D eigenvalue weighted by Crippen LogP contribution is -2.19. The molecule has 3 nitrogen and oxygen atoms in total. The van der Waals surface area contributed by atoms with Crippen LogP contribution in [0.3, 0.4) is 0 Å². The van der Waals surface area contributed by atoms with Crippen LogP contribution in [-0.4, -0.2) is 23.1 Å². The van der Waals surface area contributed by atoms with Crippen LogP contribution in [0, 0.1) is 5.92 Å². The molecule has 1 saturated heterocycles. The minimum Gasteiger partial charge on any atom is -0.356 e. The molecule has 1 aromatic heterocycles. The SMILES string of the molecule is C[C@H]1CCN(c2ccncn2)C1. The van der Waals surface area contributed by atoms with Crippen molar-refractivity contribution < 1.29 is 0 Å². The van der Waals surface area contributed by atoms with Gasteiger partial charge in [0.05, 0.1) is 0 Å². The van der Waals surface area contributed by atoms with E-state index < -0.39 is 0 Å². The fraction of sp³-hybridized carbons (Fsp3) is 0.556. The summed E-state index contributed by atoms with van der Waals surface area (Å²) >= 11 is 0. The molecule has 0 amide bonds. The van der Waals surface area contributed by atoms with Crippen molar-refractivity contribution in [3.63, 3.8) is 0 Å². The summed E-state index contributed by atoms with van der Waals surface area (Å²) in [7, 11) is 0. The standard InChI is InChI=1S/C9H13N3/c1-8-3-5-12(6-8)9-2-4-10-7-11-9/h2,4,7-8H,3,5-6H2,1H3/t8-/m0/s1. The quantitative estimate of drug-likeness (QED) is 0.625. The Kier molecular flexibility index (Phi) is 1.94. The Morgan fingerprint density at radius 1 is 1.58 bits per heavy atom. The highest BCUT2D eigenvalue weighted by Crippen LogP contribution is 2.20. The molecule has 1 fully saturated rings. The van der Waals surface area contributed by atoms with Crippen molar-refractivity contribution in [3.8, 4) is 0 Å². The van der Waals surface area contributed by atoms with Crippen molar-refractivity contribution in [2.75, 3.05) is 18.0 Å². The average Bonchev–Trinajstić information content (AvgIpc) is 2.54. The molecule has 0 aliphatic carbocycles. The lowest BCUT2D eigenvalue weighted by atomic mass is 10.2. The van der Waals surface area contributed by atoms with Crippen LogP contribution in [0.4, 0.5) is 5.82 Å².